The summed E-state index contributed by atoms with van der Waals surface area (Å²) in [5, 5.41) is 3.81. The molecule has 1 N–H and O–H groups in total. The van der Waals surface area contributed by atoms with Gasteiger partial charge in [-0.25, -0.2) is 0 Å². The van der Waals surface area contributed by atoms with Crippen LogP contribution in [0.1, 0.15) is 19.3 Å². The van der Waals surface area contributed by atoms with E-state index in [1.54, 1.807) is 0 Å². The number of fused-ring (bicyclic) bond motifs is 2. The third kappa shape index (κ3) is 3.25. The molecule has 124 valence electrons. The number of morpholine rings is 1. The van der Waals surface area contributed by atoms with Gasteiger partial charge in [-0.1, -0.05) is 12.2 Å². The van der Waals surface area contributed by atoms with Gasteiger partial charge < -0.3 is 14.8 Å². The minimum atomic E-state index is 0.625. The molecule has 0 radical (unpaired) electrons. The molecule has 4 aliphatic rings. The second kappa shape index (κ2) is 7.00. The van der Waals surface area contributed by atoms with E-state index in [-0.39, 0.29) is 0 Å². The Bertz CT molecular complexity index is 389. The molecule has 2 bridgehead atoms. The van der Waals surface area contributed by atoms with Crippen molar-refractivity contribution in [3.05, 3.63) is 12.2 Å². The first-order valence-corrected chi connectivity index (χ1v) is 9.19. The zero-order valence-electron chi connectivity index (χ0n) is 13.6. The van der Waals surface area contributed by atoms with Crippen LogP contribution in [-0.2, 0) is 9.47 Å². The Morgan fingerprint density at radius 1 is 1.09 bits per heavy atom. The fourth-order valence-corrected chi connectivity index (χ4v) is 4.91. The molecule has 4 rings (SSSR count). The molecular weight excluding hydrogens is 276 g/mol. The summed E-state index contributed by atoms with van der Waals surface area (Å²) in [6.07, 6.45) is 8.94. The van der Waals surface area contributed by atoms with Gasteiger partial charge in [0, 0.05) is 38.2 Å². The van der Waals surface area contributed by atoms with Crippen LogP contribution < -0.4 is 5.32 Å². The van der Waals surface area contributed by atoms with Crippen LogP contribution in [0.3, 0.4) is 0 Å². The molecule has 5 atom stereocenters. The van der Waals surface area contributed by atoms with Gasteiger partial charge in [-0.15, -0.1) is 0 Å². The highest BCUT2D eigenvalue weighted by Crippen LogP contribution is 2.42. The molecule has 2 heterocycles. The van der Waals surface area contributed by atoms with Gasteiger partial charge in [0.15, 0.2) is 0 Å². The average Bonchev–Trinajstić information content (AvgIpc) is 3.30. The van der Waals surface area contributed by atoms with Crippen molar-refractivity contribution in [1.29, 1.82) is 0 Å². The van der Waals surface area contributed by atoms with Gasteiger partial charge in [0.1, 0.15) is 0 Å². The summed E-state index contributed by atoms with van der Waals surface area (Å²) in [6, 6.07) is 0.625. The number of nitrogens with one attached hydrogen (secondary N) is 1. The molecule has 0 amide bonds. The lowest BCUT2D eigenvalue weighted by Gasteiger charge is -2.38. The van der Waals surface area contributed by atoms with Gasteiger partial charge in [-0.2, -0.15) is 0 Å². The van der Waals surface area contributed by atoms with Crippen LogP contribution in [0.25, 0.3) is 0 Å². The lowest BCUT2D eigenvalue weighted by Crippen LogP contribution is -2.52. The van der Waals surface area contributed by atoms with E-state index >= 15 is 0 Å². The fraction of sp³-hybridized carbons (Fsp3) is 0.889. The number of rotatable bonds is 6. The van der Waals surface area contributed by atoms with Crippen molar-refractivity contribution < 1.29 is 9.47 Å². The second-order valence-electron chi connectivity index (χ2n) is 7.54. The van der Waals surface area contributed by atoms with E-state index in [2.05, 4.69) is 22.4 Å². The minimum absolute atomic E-state index is 0.625. The highest BCUT2D eigenvalue weighted by molar-refractivity contribution is 5.10. The largest absolute Gasteiger partial charge is 0.381 e. The third-order valence-corrected chi connectivity index (χ3v) is 6.20. The van der Waals surface area contributed by atoms with Crippen molar-refractivity contribution in [3.8, 4) is 0 Å². The predicted octanol–water partition coefficient (Wildman–Crippen LogP) is 1.53. The number of nitrogens with zero attached hydrogens (tertiary/aromatic N) is 1. The molecule has 22 heavy (non-hydrogen) atoms. The van der Waals surface area contributed by atoms with Crippen LogP contribution in [0.2, 0.25) is 0 Å². The molecular formula is C18H30N2O2. The maximum absolute atomic E-state index is 5.65. The Morgan fingerprint density at radius 3 is 2.68 bits per heavy atom. The number of hydrogen-bond acceptors (Lipinski definition) is 4. The van der Waals surface area contributed by atoms with Crippen LogP contribution in [0, 0.1) is 23.7 Å². The molecule has 3 fully saturated rings. The zero-order chi connectivity index (χ0) is 14.8. The molecule has 0 unspecified atom stereocenters. The molecule has 2 aliphatic carbocycles. The summed E-state index contributed by atoms with van der Waals surface area (Å²) in [5.41, 5.74) is 0. The lowest BCUT2D eigenvalue weighted by molar-refractivity contribution is 0.00122. The zero-order valence-corrected chi connectivity index (χ0v) is 13.6. The Labute approximate surface area is 134 Å². The maximum Gasteiger partial charge on any atom is 0.0594 e. The smallest absolute Gasteiger partial charge is 0.0594 e. The molecule has 1 saturated carbocycles. The first kappa shape index (κ1) is 15.1. The highest BCUT2D eigenvalue weighted by atomic mass is 16.5. The fourth-order valence-electron chi connectivity index (χ4n) is 4.91. The van der Waals surface area contributed by atoms with E-state index in [1.165, 1.54) is 25.8 Å². The molecule has 0 aromatic carbocycles. The molecule has 0 spiro atoms. The molecule has 4 heteroatoms. The SMILES string of the molecule is C1=C[C@H]2C[C@H]1C[C@@H]2CNC[C@H]([C@H]1CCOC1)N1CCOCC1. The number of hydrogen-bond donors (Lipinski definition) is 1. The van der Waals surface area contributed by atoms with Gasteiger partial charge in [-0.3, -0.25) is 4.90 Å². The monoisotopic (exact) mass is 306 g/mol. The standard InChI is InChI=1S/C18H30N2O2/c1-2-15-9-14(1)10-17(15)11-19-12-18(16-3-6-22-13-16)20-4-7-21-8-5-20/h1-2,14-19H,3-13H2/t14-,15-,16-,17+,18+/m0/s1. The molecule has 2 saturated heterocycles. The summed E-state index contributed by atoms with van der Waals surface area (Å²) < 4.78 is 11.2. The van der Waals surface area contributed by atoms with Crippen molar-refractivity contribution in [1.82, 2.24) is 10.2 Å². The van der Waals surface area contributed by atoms with Crippen molar-refractivity contribution >= 4 is 0 Å². The third-order valence-electron chi connectivity index (χ3n) is 6.20. The lowest BCUT2D eigenvalue weighted by atomic mass is 9.93. The van der Waals surface area contributed by atoms with Gasteiger partial charge in [0.2, 0.25) is 0 Å². The number of ether oxygens (including phenoxy) is 2. The summed E-state index contributed by atoms with van der Waals surface area (Å²) in [7, 11) is 0. The minimum Gasteiger partial charge on any atom is -0.381 e. The first-order chi connectivity index (χ1) is 10.9. The molecule has 0 aromatic heterocycles. The van der Waals surface area contributed by atoms with Gasteiger partial charge >= 0.3 is 0 Å². The van der Waals surface area contributed by atoms with Gasteiger partial charge in [0.05, 0.1) is 19.8 Å². The van der Waals surface area contributed by atoms with Crippen LogP contribution in [0.4, 0.5) is 0 Å². The van der Waals surface area contributed by atoms with Crippen LogP contribution in [0.5, 0.6) is 0 Å². The Morgan fingerprint density at radius 2 is 2.00 bits per heavy atom. The van der Waals surface area contributed by atoms with Crippen molar-refractivity contribution in [3.63, 3.8) is 0 Å². The van der Waals surface area contributed by atoms with E-state index in [4.69, 9.17) is 9.47 Å². The Balaban J connectivity index is 1.29. The van der Waals surface area contributed by atoms with E-state index in [0.29, 0.717) is 12.0 Å². The van der Waals surface area contributed by atoms with Crippen LogP contribution in [-0.4, -0.2) is 63.5 Å². The van der Waals surface area contributed by atoms with E-state index < -0.39 is 0 Å². The summed E-state index contributed by atoms with van der Waals surface area (Å²) in [6.45, 7) is 8.15. The molecule has 2 aliphatic heterocycles. The summed E-state index contributed by atoms with van der Waals surface area (Å²) in [5.74, 6) is 3.31. The quantitative estimate of drug-likeness (QED) is 0.755. The first-order valence-electron chi connectivity index (χ1n) is 9.19. The van der Waals surface area contributed by atoms with Gasteiger partial charge in [0.25, 0.3) is 0 Å². The highest BCUT2D eigenvalue weighted by Gasteiger charge is 2.36. The number of allylic oxidation sites excluding steroid dienone is 2. The average molecular weight is 306 g/mol. The van der Waals surface area contributed by atoms with E-state index in [1.807, 2.05) is 0 Å². The van der Waals surface area contributed by atoms with E-state index in [0.717, 1.165) is 63.8 Å². The summed E-state index contributed by atoms with van der Waals surface area (Å²) in [4.78, 5) is 2.64. The van der Waals surface area contributed by atoms with Crippen LogP contribution in [0.15, 0.2) is 12.2 Å². The second-order valence-corrected chi connectivity index (χ2v) is 7.54. The maximum atomic E-state index is 5.65. The van der Waals surface area contributed by atoms with Gasteiger partial charge in [-0.05, 0) is 43.6 Å². The molecule has 4 nitrogen and oxygen atoms in total. The van der Waals surface area contributed by atoms with Crippen molar-refractivity contribution in [2.45, 2.75) is 25.3 Å². The van der Waals surface area contributed by atoms with E-state index in [9.17, 15) is 0 Å². The summed E-state index contributed by atoms with van der Waals surface area (Å²) >= 11 is 0. The Kier molecular flexibility index (Phi) is 4.81. The van der Waals surface area contributed by atoms with Crippen molar-refractivity contribution in [2.24, 2.45) is 23.7 Å². The topological polar surface area (TPSA) is 33.7 Å². The predicted molar refractivity (Wildman–Crippen MR) is 86.8 cm³/mol. The van der Waals surface area contributed by atoms with Crippen molar-refractivity contribution in [2.75, 3.05) is 52.6 Å². The normalized spacial score (nSPS) is 39.6. The Hall–Kier alpha value is -0.420. The molecule has 0 aromatic rings. The van der Waals surface area contributed by atoms with Crippen LogP contribution >= 0.6 is 0 Å².